The van der Waals surface area contributed by atoms with Gasteiger partial charge in [-0.15, -0.1) is 0 Å². The fourth-order valence-electron chi connectivity index (χ4n) is 3.68. The van der Waals surface area contributed by atoms with Gasteiger partial charge in [-0.2, -0.15) is 4.39 Å². The molecule has 158 valence electrons. The van der Waals surface area contributed by atoms with Gasteiger partial charge in [0.25, 0.3) is 0 Å². The summed E-state index contributed by atoms with van der Waals surface area (Å²) in [5.74, 6) is -0.952. The highest BCUT2D eigenvalue weighted by molar-refractivity contribution is 5.32. The second-order valence-corrected chi connectivity index (χ2v) is 7.51. The SMILES string of the molecule is CCCCC1CCC(c2ccc(OCc3ccc(OCC)c(F)c3F)cc2)CO1. The van der Waals surface area contributed by atoms with Crippen molar-refractivity contribution in [3.8, 4) is 11.5 Å². The van der Waals surface area contributed by atoms with Crippen molar-refractivity contribution in [1.82, 2.24) is 0 Å². The molecule has 1 aliphatic heterocycles. The molecule has 2 aromatic rings. The molecule has 2 aromatic carbocycles. The molecule has 0 bridgehead atoms. The van der Waals surface area contributed by atoms with Crippen molar-refractivity contribution in [2.45, 2.75) is 64.6 Å². The van der Waals surface area contributed by atoms with Gasteiger partial charge in [-0.05, 0) is 56.0 Å². The minimum atomic E-state index is -0.974. The van der Waals surface area contributed by atoms with Gasteiger partial charge >= 0.3 is 0 Å². The van der Waals surface area contributed by atoms with E-state index in [-0.39, 0.29) is 24.5 Å². The zero-order valence-corrected chi connectivity index (χ0v) is 17.3. The van der Waals surface area contributed by atoms with Crippen molar-refractivity contribution in [3.63, 3.8) is 0 Å². The molecule has 2 atom stereocenters. The second-order valence-electron chi connectivity index (χ2n) is 7.51. The monoisotopic (exact) mass is 404 g/mol. The number of hydrogen-bond acceptors (Lipinski definition) is 3. The summed E-state index contributed by atoms with van der Waals surface area (Å²) in [6, 6.07) is 10.7. The van der Waals surface area contributed by atoms with Crippen LogP contribution in [0.4, 0.5) is 8.78 Å². The first kappa shape index (κ1) is 21.6. The van der Waals surface area contributed by atoms with Gasteiger partial charge in [0, 0.05) is 11.5 Å². The summed E-state index contributed by atoms with van der Waals surface area (Å²) in [6.07, 6.45) is 6.21. The van der Waals surface area contributed by atoms with Crippen LogP contribution in [0.5, 0.6) is 11.5 Å². The third kappa shape index (κ3) is 5.69. The van der Waals surface area contributed by atoms with E-state index in [1.807, 2.05) is 24.3 Å². The fourth-order valence-corrected chi connectivity index (χ4v) is 3.68. The summed E-state index contributed by atoms with van der Waals surface area (Å²) in [5.41, 5.74) is 1.39. The van der Waals surface area contributed by atoms with E-state index in [4.69, 9.17) is 14.2 Å². The highest BCUT2D eigenvalue weighted by Gasteiger charge is 2.22. The Kier molecular flexibility index (Phi) is 7.87. The first-order chi connectivity index (χ1) is 14.1. The Labute approximate surface area is 172 Å². The average molecular weight is 404 g/mol. The van der Waals surface area contributed by atoms with Gasteiger partial charge in [0.2, 0.25) is 5.82 Å². The smallest absolute Gasteiger partial charge is 0.201 e. The Hall–Kier alpha value is -2.14. The lowest BCUT2D eigenvalue weighted by molar-refractivity contribution is -0.00190. The van der Waals surface area contributed by atoms with E-state index in [0.717, 1.165) is 25.9 Å². The van der Waals surface area contributed by atoms with E-state index in [1.165, 1.54) is 30.5 Å². The number of ether oxygens (including phenoxy) is 3. The Morgan fingerprint density at radius 2 is 1.76 bits per heavy atom. The van der Waals surface area contributed by atoms with Crippen LogP contribution in [0.15, 0.2) is 36.4 Å². The highest BCUT2D eigenvalue weighted by atomic mass is 19.2. The molecule has 1 aliphatic rings. The summed E-state index contributed by atoms with van der Waals surface area (Å²) >= 11 is 0. The standard InChI is InChI=1S/C24H30F2O3/c1-3-5-6-20-13-9-18(15-28-20)17-7-11-21(12-8-17)29-16-19-10-14-22(27-4-2)24(26)23(19)25/h7-8,10-12,14,18,20H,3-6,9,13,15-16H2,1-2H3. The number of rotatable bonds is 9. The molecule has 1 saturated heterocycles. The summed E-state index contributed by atoms with van der Waals surface area (Å²) < 4.78 is 44.9. The van der Waals surface area contributed by atoms with Crippen molar-refractivity contribution in [2.24, 2.45) is 0 Å². The molecule has 0 radical (unpaired) electrons. The lowest BCUT2D eigenvalue weighted by Crippen LogP contribution is -2.24. The molecular weight excluding hydrogens is 374 g/mol. The van der Waals surface area contributed by atoms with Gasteiger partial charge in [0.1, 0.15) is 12.4 Å². The van der Waals surface area contributed by atoms with E-state index >= 15 is 0 Å². The Morgan fingerprint density at radius 3 is 2.41 bits per heavy atom. The van der Waals surface area contributed by atoms with Crippen LogP contribution in [-0.4, -0.2) is 19.3 Å². The van der Waals surface area contributed by atoms with E-state index in [2.05, 4.69) is 6.92 Å². The quantitative estimate of drug-likeness (QED) is 0.484. The molecule has 3 nitrogen and oxygen atoms in total. The zero-order valence-electron chi connectivity index (χ0n) is 17.3. The molecule has 0 amide bonds. The lowest BCUT2D eigenvalue weighted by atomic mass is 9.90. The molecule has 0 N–H and O–H groups in total. The second kappa shape index (κ2) is 10.6. The Balaban J connectivity index is 1.53. The molecule has 0 aromatic heterocycles. The van der Waals surface area contributed by atoms with Crippen molar-refractivity contribution < 1.29 is 23.0 Å². The summed E-state index contributed by atoms with van der Waals surface area (Å²) in [7, 11) is 0. The maximum absolute atomic E-state index is 14.2. The minimum Gasteiger partial charge on any atom is -0.491 e. The first-order valence-electron chi connectivity index (χ1n) is 10.6. The molecule has 1 heterocycles. The third-order valence-corrected chi connectivity index (χ3v) is 5.42. The predicted octanol–water partition coefficient (Wildman–Crippen LogP) is 6.40. The van der Waals surface area contributed by atoms with Gasteiger partial charge < -0.3 is 14.2 Å². The van der Waals surface area contributed by atoms with Crippen molar-refractivity contribution in [2.75, 3.05) is 13.2 Å². The van der Waals surface area contributed by atoms with Crippen LogP contribution in [0.25, 0.3) is 0 Å². The molecule has 1 fully saturated rings. The molecule has 2 unspecified atom stereocenters. The first-order valence-corrected chi connectivity index (χ1v) is 10.6. The number of unbranched alkanes of at least 4 members (excludes halogenated alkanes) is 1. The topological polar surface area (TPSA) is 27.7 Å². The van der Waals surface area contributed by atoms with Crippen molar-refractivity contribution in [3.05, 3.63) is 59.2 Å². The number of benzene rings is 2. The average Bonchev–Trinajstić information content (AvgIpc) is 2.76. The summed E-state index contributed by atoms with van der Waals surface area (Å²) in [6.45, 7) is 4.92. The summed E-state index contributed by atoms with van der Waals surface area (Å²) in [4.78, 5) is 0. The van der Waals surface area contributed by atoms with E-state index in [0.29, 0.717) is 17.8 Å². The normalized spacial score (nSPS) is 19.2. The predicted molar refractivity (Wildman–Crippen MR) is 110 cm³/mol. The van der Waals surface area contributed by atoms with Crippen LogP contribution in [0.2, 0.25) is 0 Å². The highest BCUT2D eigenvalue weighted by Crippen LogP contribution is 2.31. The van der Waals surface area contributed by atoms with Gasteiger partial charge in [-0.25, -0.2) is 4.39 Å². The third-order valence-electron chi connectivity index (χ3n) is 5.42. The maximum Gasteiger partial charge on any atom is 0.201 e. The van der Waals surface area contributed by atoms with Gasteiger partial charge in [0.05, 0.1) is 19.3 Å². The molecule has 0 saturated carbocycles. The van der Waals surface area contributed by atoms with E-state index in [1.54, 1.807) is 6.92 Å². The van der Waals surface area contributed by atoms with Crippen LogP contribution in [0, 0.1) is 11.6 Å². The van der Waals surface area contributed by atoms with Crippen LogP contribution in [0.3, 0.4) is 0 Å². The summed E-state index contributed by atoms with van der Waals surface area (Å²) in [5, 5.41) is 0. The van der Waals surface area contributed by atoms with E-state index < -0.39 is 11.6 Å². The van der Waals surface area contributed by atoms with Gasteiger partial charge in [-0.1, -0.05) is 31.9 Å². The maximum atomic E-state index is 14.2. The Morgan fingerprint density at radius 1 is 0.966 bits per heavy atom. The molecule has 29 heavy (non-hydrogen) atoms. The van der Waals surface area contributed by atoms with Crippen LogP contribution in [-0.2, 0) is 11.3 Å². The Bertz CT molecular complexity index is 768. The van der Waals surface area contributed by atoms with Gasteiger partial charge in [0.15, 0.2) is 11.6 Å². The molecule has 0 spiro atoms. The zero-order chi connectivity index (χ0) is 20.6. The largest absolute Gasteiger partial charge is 0.491 e. The van der Waals surface area contributed by atoms with E-state index in [9.17, 15) is 8.78 Å². The lowest BCUT2D eigenvalue weighted by Gasteiger charge is -2.29. The van der Waals surface area contributed by atoms with Crippen molar-refractivity contribution in [1.29, 1.82) is 0 Å². The van der Waals surface area contributed by atoms with Crippen molar-refractivity contribution >= 4 is 0 Å². The van der Waals surface area contributed by atoms with Crippen LogP contribution in [0.1, 0.15) is 63.0 Å². The molecule has 5 heteroatoms. The number of halogens is 2. The molecular formula is C24H30F2O3. The molecule has 0 aliphatic carbocycles. The number of hydrogen-bond donors (Lipinski definition) is 0. The molecule has 3 rings (SSSR count). The van der Waals surface area contributed by atoms with Crippen LogP contribution >= 0.6 is 0 Å². The van der Waals surface area contributed by atoms with Crippen LogP contribution < -0.4 is 9.47 Å². The minimum absolute atomic E-state index is 0.0415. The fraction of sp³-hybridized carbons (Fsp3) is 0.500. The van der Waals surface area contributed by atoms with Gasteiger partial charge in [-0.3, -0.25) is 0 Å².